The second-order valence-corrected chi connectivity index (χ2v) is 3.75. The zero-order chi connectivity index (χ0) is 12.9. The van der Waals surface area contributed by atoms with Crippen molar-refractivity contribution in [1.82, 2.24) is 5.32 Å². The first kappa shape index (κ1) is 13.6. The third-order valence-corrected chi connectivity index (χ3v) is 2.36. The number of benzene rings is 1. The van der Waals surface area contributed by atoms with Gasteiger partial charge in [0, 0.05) is 5.56 Å². The molecule has 0 radical (unpaired) electrons. The smallest absolute Gasteiger partial charge is 0.287 e. The summed E-state index contributed by atoms with van der Waals surface area (Å²) in [4.78, 5) is 11.5. The minimum Gasteiger partial charge on any atom is -0.390 e. The molecule has 0 spiro atoms. The Bertz CT molecular complexity index is 377. The predicted molar refractivity (Wildman–Crippen MR) is 60.2 cm³/mol. The first-order valence-electron chi connectivity index (χ1n) is 5.34. The van der Waals surface area contributed by atoms with E-state index >= 15 is 0 Å². The highest BCUT2D eigenvalue weighted by Gasteiger charge is 2.28. The molecule has 2 N–H and O–H groups in total. The molecular weight excluding hydrogens is 228 g/mol. The van der Waals surface area contributed by atoms with Crippen molar-refractivity contribution in [3.63, 3.8) is 0 Å². The van der Waals surface area contributed by atoms with Crippen molar-refractivity contribution in [2.45, 2.75) is 19.3 Å². The summed E-state index contributed by atoms with van der Waals surface area (Å²) >= 11 is 0. The Morgan fingerprint density at radius 3 is 2.41 bits per heavy atom. The van der Waals surface area contributed by atoms with Gasteiger partial charge in [-0.3, -0.25) is 4.79 Å². The Hall–Kier alpha value is -1.49. The summed E-state index contributed by atoms with van der Waals surface area (Å²) < 4.78 is 25.4. The lowest BCUT2D eigenvalue weighted by molar-refractivity contribution is -0.0462. The fourth-order valence-electron chi connectivity index (χ4n) is 1.26. The molecule has 3 nitrogen and oxygen atoms in total. The number of amides is 1. The maximum Gasteiger partial charge on any atom is 0.287 e. The summed E-state index contributed by atoms with van der Waals surface area (Å²) in [5, 5.41) is 10.4. The maximum absolute atomic E-state index is 12.7. The van der Waals surface area contributed by atoms with Crippen LogP contribution in [-0.4, -0.2) is 30.1 Å². The predicted octanol–water partition coefficient (Wildman–Crippen LogP) is 1.61. The second kappa shape index (κ2) is 5.72. The fourth-order valence-corrected chi connectivity index (χ4v) is 1.26. The highest BCUT2D eigenvalue weighted by atomic mass is 19.3. The van der Waals surface area contributed by atoms with Gasteiger partial charge in [-0.2, -0.15) is 0 Å². The van der Waals surface area contributed by atoms with E-state index in [4.69, 9.17) is 5.11 Å². The highest BCUT2D eigenvalue weighted by Crippen LogP contribution is 2.10. The molecule has 1 aromatic rings. The highest BCUT2D eigenvalue weighted by molar-refractivity contribution is 5.94. The number of hydrogen-bond acceptors (Lipinski definition) is 2. The molecule has 1 aromatic carbocycles. The van der Waals surface area contributed by atoms with Crippen LogP contribution in [0, 0.1) is 0 Å². The molecule has 94 valence electrons. The molecule has 0 aliphatic rings. The molecule has 1 rings (SSSR count). The van der Waals surface area contributed by atoms with Crippen LogP contribution in [0.1, 0.15) is 22.8 Å². The topological polar surface area (TPSA) is 49.3 Å². The van der Waals surface area contributed by atoms with Gasteiger partial charge in [0.15, 0.2) is 0 Å². The Balaban J connectivity index is 2.58. The Morgan fingerprint density at radius 1 is 1.35 bits per heavy atom. The zero-order valence-corrected chi connectivity index (χ0v) is 9.54. The molecule has 0 atom stereocenters. The van der Waals surface area contributed by atoms with Gasteiger partial charge in [-0.15, -0.1) is 0 Å². The second-order valence-electron chi connectivity index (χ2n) is 3.75. The van der Waals surface area contributed by atoms with E-state index in [1.165, 1.54) is 0 Å². The van der Waals surface area contributed by atoms with E-state index < -0.39 is 25.0 Å². The normalized spacial score (nSPS) is 11.3. The van der Waals surface area contributed by atoms with E-state index in [2.05, 4.69) is 5.32 Å². The van der Waals surface area contributed by atoms with Crippen LogP contribution in [0.5, 0.6) is 0 Å². The van der Waals surface area contributed by atoms with Crippen molar-refractivity contribution in [3.8, 4) is 0 Å². The summed E-state index contributed by atoms with van der Waals surface area (Å²) in [6, 6.07) is 6.73. The number of rotatable bonds is 5. The van der Waals surface area contributed by atoms with Gasteiger partial charge in [0.25, 0.3) is 11.8 Å². The van der Waals surface area contributed by atoms with E-state index in [1.807, 2.05) is 6.92 Å². The minimum atomic E-state index is -3.28. The van der Waals surface area contributed by atoms with E-state index in [-0.39, 0.29) is 0 Å². The van der Waals surface area contributed by atoms with E-state index in [0.717, 1.165) is 12.0 Å². The van der Waals surface area contributed by atoms with Crippen LogP contribution in [0.3, 0.4) is 0 Å². The number of halogens is 2. The lowest BCUT2D eigenvalue weighted by atomic mass is 10.1. The number of aliphatic hydroxyl groups is 1. The Morgan fingerprint density at radius 2 is 1.94 bits per heavy atom. The molecule has 0 fully saturated rings. The lowest BCUT2D eigenvalue weighted by Crippen LogP contribution is -2.38. The van der Waals surface area contributed by atoms with Gasteiger partial charge >= 0.3 is 0 Å². The molecule has 0 aromatic heterocycles. The Kier molecular flexibility index (Phi) is 4.57. The number of carbonyl (C=O) groups excluding carboxylic acids is 1. The molecule has 0 unspecified atom stereocenters. The average molecular weight is 243 g/mol. The van der Waals surface area contributed by atoms with Gasteiger partial charge in [-0.25, -0.2) is 8.78 Å². The summed E-state index contributed by atoms with van der Waals surface area (Å²) in [6.45, 7) is -0.156. The van der Waals surface area contributed by atoms with Crippen LogP contribution in [0.25, 0.3) is 0 Å². The molecule has 0 aliphatic carbocycles. The molecule has 0 bridgehead atoms. The third kappa shape index (κ3) is 4.11. The first-order chi connectivity index (χ1) is 7.98. The quantitative estimate of drug-likeness (QED) is 0.825. The number of hydrogen-bond donors (Lipinski definition) is 2. The fraction of sp³-hybridized carbons (Fsp3) is 0.417. The summed E-state index contributed by atoms with van der Waals surface area (Å²) in [7, 11) is 0. The maximum atomic E-state index is 12.7. The lowest BCUT2D eigenvalue weighted by Gasteiger charge is -2.13. The van der Waals surface area contributed by atoms with E-state index in [9.17, 15) is 13.6 Å². The van der Waals surface area contributed by atoms with Crippen molar-refractivity contribution in [2.24, 2.45) is 0 Å². The monoisotopic (exact) mass is 243 g/mol. The minimum absolute atomic E-state index is 0.330. The number of carbonyl (C=O) groups is 1. The number of aliphatic hydroxyl groups excluding tert-OH is 1. The number of alkyl halides is 2. The van der Waals surface area contributed by atoms with Crippen molar-refractivity contribution in [1.29, 1.82) is 0 Å². The van der Waals surface area contributed by atoms with Gasteiger partial charge in [0.2, 0.25) is 0 Å². The van der Waals surface area contributed by atoms with Crippen molar-refractivity contribution >= 4 is 5.91 Å². The van der Waals surface area contributed by atoms with Gasteiger partial charge in [-0.05, 0) is 24.1 Å². The molecule has 5 heteroatoms. The van der Waals surface area contributed by atoms with Gasteiger partial charge in [0.05, 0.1) is 6.54 Å². The molecular formula is C12H15F2NO2. The molecule has 0 saturated heterocycles. The van der Waals surface area contributed by atoms with Crippen LogP contribution in [0.4, 0.5) is 8.78 Å². The summed E-state index contributed by atoms with van der Waals surface area (Å²) in [5.41, 5.74) is 1.40. The van der Waals surface area contributed by atoms with Gasteiger partial charge < -0.3 is 10.4 Å². The standard InChI is InChI=1S/C12H15F2NO2/c1-2-9-3-5-10(6-4-9)11(17)15-7-12(13,14)8-16/h3-6,16H,2,7-8H2,1H3,(H,15,17). The van der Waals surface area contributed by atoms with Crippen LogP contribution < -0.4 is 5.32 Å². The van der Waals surface area contributed by atoms with Crippen molar-refractivity contribution in [3.05, 3.63) is 35.4 Å². The van der Waals surface area contributed by atoms with E-state index in [1.54, 1.807) is 24.3 Å². The van der Waals surface area contributed by atoms with Crippen LogP contribution in [0.2, 0.25) is 0 Å². The Labute approximate surface area is 98.5 Å². The SMILES string of the molecule is CCc1ccc(C(=O)NCC(F)(F)CO)cc1. The molecule has 0 saturated carbocycles. The third-order valence-electron chi connectivity index (χ3n) is 2.36. The largest absolute Gasteiger partial charge is 0.390 e. The molecule has 1 amide bonds. The van der Waals surface area contributed by atoms with Crippen LogP contribution >= 0.6 is 0 Å². The van der Waals surface area contributed by atoms with E-state index in [0.29, 0.717) is 5.56 Å². The summed E-state index contributed by atoms with van der Waals surface area (Å²) in [6.07, 6.45) is 0.852. The molecule has 0 heterocycles. The molecule has 0 aliphatic heterocycles. The average Bonchev–Trinajstić information content (AvgIpc) is 2.36. The van der Waals surface area contributed by atoms with Gasteiger partial charge in [-0.1, -0.05) is 19.1 Å². The van der Waals surface area contributed by atoms with Crippen molar-refractivity contribution in [2.75, 3.05) is 13.2 Å². The van der Waals surface area contributed by atoms with Crippen LogP contribution in [0.15, 0.2) is 24.3 Å². The van der Waals surface area contributed by atoms with Crippen LogP contribution in [-0.2, 0) is 6.42 Å². The van der Waals surface area contributed by atoms with Gasteiger partial charge in [0.1, 0.15) is 6.61 Å². The number of nitrogens with one attached hydrogen (secondary N) is 1. The summed E-state index contributed by atoms with van der Waals surface area (Å²) in [5.74, 6) is -3.85. The number of aryl methyl sites for hydroxylation is 1. The molecule has 17 heavy (non-hydrogen) atoms. The van der Waals surface area contributed by atoms with Crippen molar-refractivity contribution < 1.29 is 18.7 Å². The zero-order valence-electron chi connectivity index (χ0n) is 9.54. The first-order valence-corrected chi connectivity index (χ1v) is 5.34.